The molecule has 180 valence electrons. The Kier molecular flexibility index (Phi) is 8.00. The van der Waals surface area contributed by atoms with E-state index in [-0.39, 0.29) is 23.3 Å². The van der Waals surface area contributed by atoms with Crippen molar-refractivity contribution in [1.29, 1.82) is 0 Å². The summed E-state index contributed by atoms with van der Waals surface area (Å²) in [5, 5.41) is -0.0606. The number of fused-ring (bicyclic) bond motifs is 1. The molecule has 5 heteroatoms. The molecule has 0 N–H and O–H groups in total. The SMILES string of the molecule is CCCCCC1CCC(C2=CCC(c3cc4ccc(OCC)c(F)c4c(F)c3F)OC2)CC1. The van der Waals surface area contributed by atoms with E-state index in [1.165, 1.54) is 69.1 Å². The number of halogens is 3. The van der Waals surface area contributed by atoms with Crippen LogP contribution in [0.3, 0.4) is 0 Å². The van der Waals surface area contributed by atoms with Crippen molar-refractivity contribution in [3.8, 4) is 5.75 Å². The predicted octanol–water partition coefficient (Wildman–Crippen LogP) is 8.43. The van der Waals surface area contributed by atoms with Gasteiger partial charge in [-0.2, -0.15) is 0 Å². The molecule has 2 aromatic rings. The first-order valence-electron chi connectivity index (χ1n) is 12.6. The number of rotatable bonds is 8. The summed E-state index contributed by atoms with van der Waals surface area (Å²) >= 11 is 0. The molecule has 1 atom stereocenters. The normalized spacial score (nSPS) is 23.5. The molecule has 1 aliphatic heterocycles. The second kappa shape index (κ2) is 10.9. The number of unbranched alkanes of at least 4 members (excludes halogenated alkanes) is 2. The Morgan fingerprint density at radius 2 is 1.76 bits per heavy atom. The molecule has 2 nitrogen and oxygen atoms in total. The third-order valence-corrected chi connectivity index (χ3v) is 7.39. The zero-order valence-corrected chi connectivity index (χ0v) is 19.8. The third kappa shape index (κ3) is 5.24. The maximum Gasteiger partial charge on any atom is 0.175 e. The Labute approximate surface area is 195 Å². The predicted molar refractivity (Wildman–Crippen MR) is 126 cm³/mol. The summed E-state index contributed by atoms with van der Waals surface area (Å²) in [4.78, 5) is 0. The topological polar surface area (TPSA) is 18.5 Å². The maximum absolute atomic E-state index is 15.0. The second-order valence-corrected chi connectivity index (χ2v) is 9.53. The standard InChI is InChI=1S/C28H35F3O2/c1-3-5-6-7-18-8-10-19(11-9-18)21-13-14-23(33-17-21)22-16-20-12-15-24(32-4-2)27(30)25(20)28(31)26(22)29/h12-13,15-16,18-19,23H,3-11,14,17H2,1-2H3. The zero-order valence-electron chi connectivity index (χ0n) is 19.8. The van der Waals surface area contributed by atoms with Crippen molar-refractivity contribution < 1.29 is 22.6 Å². The fourth-order valence-corrected chi connectivity index (χ4v) is 5.47. The Bertz CT molecular complexity index is 993. The molecule has 0 amide bonds. The number of benzene rings is 2. The first-order chi connectivity index (χ1) is 16.0. The van der Waals surface area contributed by atoms with Crippen LogP contribution in [0.4, 0.5) is 13.2 Å². The lowest BCUT2D eigenvalue weighted by molar-refractivity contribution is 0.0508. The molecule has 0 spiro atoms. The molecule has 4 rings (SSSR count). The first-order valence-corrected chi connectivity index (χ1v) is 12.6. The van der Waals surface area contributed by atoms with E-state index in [1.807, 2.05) is 0 Å². The average Bonchev–Trinajstić information content (AvgIpc) is 2.84. The van der Waals surface area contributed by atoms with Crippen molar-refractivity contribution in [2.45, 2.75) is 77.7 Å². The molecule has 1 fully saturated rings. The average molecular weight is 461 g/mol. The van der Waals surface area contributed by atoms with E-state index in [1.54, 1.807) is 13.0 Å². The molecule has 0 bridgehead atoms. The van der Waals surface area contributed by atoms with E-state index in [9.17, 15) is 13.2 Å². The maximum atomic E-state index is 15.0. The quantitative estimate of drug-likeness (QED) is 0.291. The van der Waals surface area contributed by atoms with Gasteiger partial charge in [0.25, 0.3) is 0 Å². The molecular weight excluding hydrogens is 425 g/mol. The van der Waals surface area contributed by atoms with Crippen LogP contribution in [0, 0.1) is 29.3 Å². The van der Waals surface area contributed by atoms with Crippen LogP contribution < -0.4 is 4.74 Å². The van der Waals surface area contributed by atoms with Crippen LogP contribution in [0.2, 0.25) is 0 Å². The van der Waals surface area contributed by atoms with Gasteiger partial charge in [0.1, 0.15) is 0 Å². The molecule has 0 aromatic heterocycles. The highest BCUT2D eigenvalue weighted by Crippen LogP contribution is 2.40. The van der Waals surface area contributed by atoms with Crippen LogP contribution in [0.25, 0.3) is 10.8 Å². The van der Waals surface area contributed by atoms with Gasteiger partial charge in [-0.1, -0.05) is 44.7 Å². The minimum absolute atomic E-state index is 0.0716. The summed E-state index contributed by atoms with van der Waals surface area (Å²) in [6, 6.07) is 4.54. The zero-order chi connectivity index (χ0) is 23.4. The lowest BCUT2D eigenvalue weighted by atomic mass is 9.76. The van der Waals surface area contributed by atoms with E-state index in [4.69, 9.17) is 9.47 Å². The summed E-state index contributed by atoms with van der Waals surface area (Å²) in [6.07, 6.45) is 12.3. The van der Waals surface area contributed by atoms with E-state index in [0.29, 0.717) is 24.3 Å². The number of ether oxygens (including phenoxy) is 2. The number of hydrogen-bond acceptors (Lipinski definition) is 2. The van der Waals surface area contributed by atoms with Crippen LogP contribution >= 0.6 is 0 Å². The Balaban J connectivity index is 1.45. The highest BCUT2D eigenvalue weighted by Gasteiger charge is 2.29. The Hall–Kier alpha value is -2.01. The fourth-order valence-electron chi connectivity index (χ4n) is 5.47. The largest absolute Gasteiger partial charge is 0.491 e. The molecule has 1 saturated carbocycles. The van der Waals surface area contributed by atoms with Crippen molar-refractivity contribution in [3.63, 3.8) is 0 Å². The van der Waals surface area contributed by atoms with Gasteiger partial charge in [0, 0.05) is 5.56 Å². The van der Waals surface area contributed by atoms with Crippen LogP contribution in [0.5, 0.6) is 5.75 Å². The van der Waals surface area contributed by atoms with Crippen LogP contribution in [-0.4, -0.2) is 13.2 Å². The van der Waals surface area contributed by atoms with E-state index in [0.717, 1.165) is 5.92 Å². The van der Waals surface area contributed by atoms with Crippen LogP contribution in [0.15, 0.2) is 29.8 Å². The van der Waals surface area contributed by atoms with Gasteiger partial charge < -0.3 is 9.47 Å². The molecule has 0 saturated heterocycles. The summed E-state index contributed by atoms with van der Waals surface area (Å²) in [5.74, 6) is -1.76. The van der Waals surface area contributed by atoms with Crippen LogP contribution in [-0.2, 0) is 4.74 Å². The molecule has 0 radical (unpaired) electrons. The van der Waals surface area contributed by atoms with Crippen molar-refractivity contribution in [3.05, 3.63) is 52.9 Å². The van der Waals surface area contributed by atoms with Gasteiger partial charge in [-0.05, 0) is 74.0 Å². The van der Waals surface area contributed by atoms with Crippen LogP contribution in [0.1, 0.15) is 83.3 Å². The molecule has 1 unspecified atom stereocenters. The van der Waals surface area contributed by atoms with Gasteiger partial charge in [-0.15, -0.1) is 0 Å². The van der Waals surface area contributed by atoms with Gasteiger partial charge in [-0.3, -0.25) is 0 Å². The van der Waals surface area contributed by atoms with Gasteiger partial charge in [0.2, 0.25) is 0 Å². The van der Waals surface area contributed by atoms with Crippen molar-refractivity contribution >= 4 is 10.8 Å². The lowest BCUT2D eigenvalue weighted by Crippen LogP contribution is -2.22. The summed E-state index contributed by atoms with van der Waals surface area (Å²) < 4.78 is 55.7. The van der Waals surface area contributed by atoms with Crippen molar-refractivity contribution in [1.82, 2.24) is 0 Å². The molecule has 33 heavy (non-hydrogen) atoms. The van der Waals surface area contributed by atoms with Gasteiger partial charge in [0.15, 0.2) is 23.2 Å². The van der Waals surface area contributed by atoms with Crippen molar-refractivity contribution in [2.75, 3.05) is 13.2 Å². The van der Waals surface area contributed by atoms with Gasteiger partial charge in [0.05, 0.1) is 24.7 Å². The fraction of sp³-hybridized carbons (Fsp3) is 0.571. The van der Waals surface area contributed by atoms with E-state index >= 15 is 0 Å². The van der Waals surface area contributed by atoms with Crippen molar-refractivity contribution in [2.24, 2.45) is 11.8 Å². The molecular formula is C28H35F3O2. The molecule has 2 aromatic carbocycles. The highest BCUT2D eigenvalue weighted by molar-refractivity contribution is 5.86. The first kappa shape index (κ1) is 24.1. The minimum atomic E-state index is -1.18. The second-order valence-electron chi connectivity index (χ2n) is 9.53. The summed E-state index contributed by atoms with van der Waals surface area (Å²) in [5.41, 5.74) is 1.45. The van der Waals surface area contributed by atoms with E-state index in [2.05, 4.69) is 13.0 Å². The number of hydrogen-bond donors (Lipinski definition) is 0. The lowest BCUT2D eigenvalue weighted by Gasteiger charge is -2.33. The molecule has 1 heterocycles. The smallest absolute Gasteiger partial charge is 0.175 e. The Morgan fingerprint density at radius 3 is 2.42 bits per heavy atom. The summed E-state index contributed by atoms with van der Waals surface area (Å²) in [7, 11) is 0. The minimum Gasteiger partial charge on any atom is -0.491 e. The van der Waals surface area contributed by atoms with E-state index < -0.39 is 23.6 Å². The molecule has 1 aliphatic carbocycles. The highest BCUT2D eigenvalue weighted by atomic mass is 19.2. The molecule has 2 aliphatic rings. The monoisotopic (exact) mass is 460 g/mol. The Morgan fingerprint density at radius 1 is 0.970 bits per heavy atom. The van der Waals surface area contributed by atoms with Gasteiger partial charge in [-0.25, -0.2) is 13.2 Å². The summed E-state index contributed by atoms with van der Waals surface area (Å²) in [6.45, 7) is 4.65. The third-order valence-electron chi connectivity index (χ3n) is 7.39. The van der Waals surface area contributed by atoms with Gasteiger partial charge >= 0.3 is 0 Å².